The van der Waals surface area contributed by atoms with Crippen molar-refractivity contribution in [2.45, 2.75) is 44.4 Å². The molecule has 0 fully saturated rings. The summed E-state index contributed by atoms with van der Waals surface area (Å²) in [6.07, 6.45) is 2.96. The van der Waals surface area contributed by atoms with Crippen molar-refractivity contribution in [2.24, 2.45) is 0 Å². The molecular weight excluding hydrogens is 282 g/mol. The van der Waals surface area contributed by atoms with Crippen LogP contribution in [0.4, 0.5) is 0 Å². The zero-order valence-corrected chi connectivity index (χ0v) is 14.2. The highest BCUT2D eigenvalue weighted by atomic mass is 32.2. The zero-order valence-electron chi connectivity index (χ0n) is 13.4. The Hall–Kier alpha value is -1.00. The van der Waals surface area contributed by atoms with Crippen LogP contribution >= 0.6 is 11.8 Å². The van der Waals surface area contributed by atoms with E-state index < -0.39 is 5.54 Å². The molecule has 0 saturated carbocycles. The fraction of sp³-hybridized carbons (Fsp3) is 0.588. The minimum absolute atomic E-state index is 0.149. The Labute approximate surface area is 132 Å². The van der Waals surface area contributed by atoms with Crippen molar-refractivity contribution >= 4 is 17.7 Å². The Morgan fingerprint density at radius 3 is 2.62 bits per heavy atom. The van der Waals surface area contributed by atoms with E-state index in [-0.39, 0.29) is 5.97 Å². The molecule has 1 unspecified atom stereocenters. The van der Waals surface area contributed by atoms with Gasteiger partial charge in [0.25, 0.3) is 0 Å². The van der Waals surface area contributed by atoms with Gasteiger partial charge < -0.3 is 10.1 Å². The van der Waals surface area contributed by atoms with Crippen LogP contribution in [0.25, 0.3) is 0 Å². The van der Waals surface area contributed by atoms with Crippen molar-refractivity contribution in [1.29, 1.82) is 0 Å². The number of hydrogen-bond acceptors (Lipinski definition) is 4. The van der Waals surface area contributed by atoms with Crippen LogP contribution in [0, 0.1) is 0 Å². The Kier molecular flexibility index (Phi) is 8.47. The fourth-order valence-electron chi connectivity index (χ4n) is 2.07. The smallest absolute Gasteiger partial charge is 0.326 e. The Balaban J connectivity index is 2.19. The summed E-state index contributed by atoms with van der Waals surface area (Å²) >= 11 is 1.95. The highest BCUT2D eigenvalue weighted by Gasteiger charge is 2.31. The molecule has 0 aromatic heterocycles. The number of rotatable bonds is 10. The molecule has 1 aromatic rings. The predicted molar refractivity (Wildman–Crippen MR) is 90.6 cm³/mol. The maximum Gasteiger partial charge on any atom is 0.326 e. The van der Waals surface area contributed by atoms with E-state index in [1.807, 2.05) is 38.7 Å². The van der Waals surface area contributed by atoms with Gasteiger partial charge >= 0.3 is 5.97 Å². The average molecular weight is 309 g/mol. The molecule has 4 heteroatoms. The van der Waals surface area contributed by atoms with Gasteiger partial charge in [0.05, 0.1) is 6.61 Å². The molecule has 3 nitrogen and oxygen atoms in total. The van der Waals surface area contributed by atoms with Crippen LogP contribution in [-0.2, 0) is 15.3 Å². The molecule has 1 aromatic carbocycles. The molecule has 0 spiro atoms. The quantitative estimate of drug-likeness (QED) is 0.529. The number of ether oxygens (including phenoxy) is 1. The molecule has 0 radical (unpaired) electrons. The molecule has 21 heavy (non-hydrogen) atoms. The van der Waals surface area contributed by atoms with Gasteiger partial charge in [0, 0.05) is 5.75 Å². The minimum atomic E-state index is -0.555. The predicted octanol–water partition coefficient (Wildman–Crippen LogP) is 3.63. The molecule has 0 aliphatic rings. The first kappa shape index (κ1) is 18.1. The van der Waals surface area contributed by atoms with Gasteiger partial charge in [-0.05, 0) is 45.1 Å². The number of carbonyl (C=O) groups is 1. The van der Waals surface area contributed by atoms with E-state index in [4.69, 9.17) is 4.74 Å². The van der Waals surface area contributed by atoms with E-state index in [1.165, 1.54) is 5.56 Å². The van der Waals surface area contributed by atoms with E-state index in [1.54, 1.807) is 0 Å². The van der Waals surface area contributed by atoms with Crippen LogP contribution in [0.3, 0.4) is 0 Å². The molecule has 0 aliphatic carbocycles. The van der Waals surface area contributed by atoms with Crippen molar-refractivity contribution in [3.63, 3.8) is 0 Å². The highest BCUT2D eigenvalue weighted by molar-refractivity contribution is 7.98. The number of thioether (sulfide) groups is 1. The van der Waals surface area contributed by atoms with Crippen molar-refractivity contribution < 1.29 is 9.53 Å². The van der Waals surface area contributed by atoms with Gasteiger partial charge in [-0.3, -0.25) is 4.79 Å². The molecule has 0 saturated heterocycles. The summed E-state index contributed by atoms with van der Waals surface area (Å²) in [5.41, 5.74) is 0.814. The summed E-state index contributed by atoms with van der Waals surface area (Å²) in [7, 11) is 1.82. The fourth-order valence-corrected chi connectivity index (χ4v) is 3.05. The maximum absolute atomic E-state index is 11.9. The second-order valence-electron chi connectivity index (χ2n) is 5.30. The number of unbranched alkanes of at least 4 members (excludes halogenated alkanes) is 1. The first-order valence-corrected chi connectivity index (χ1v) is 8.75. The molecule has 0 bridgehead atoms. The Morgan fingerprint density at radius 1 is 1.29 bits per heavy atom. The number of hydrogen-bond donors (Lipinski definition) is 1. The van der Waals surface area contributed by atoms with Crippen molar-refractivity contribution in [2.75, 3.05) is 19.4 Å². The Morgan fingerprint density at radius 2 is 2.00 bits per heavy atom. The van der Waals surface area contributed by atoms with Crippen LogP contribution in [0.2, 0.25) is 0 Å². The van der Waals surface area contributed by atoms with Gasteiger partial charge in [-0.2, -0.15) is 11.8 Å². The normalized spacial score (nSPS) is 13.7. The molecule has 0 amide bonds. The second-order valence-corrected chi connectivity index (χ2v) is 6.40. The number of benzene rings is 1. The third-order valence-electron chi connectivity index (χ3n) is 3.60. The van der Waals surface area contributed by atoms with Crippen molar-refractivity contribution in [3.05, 3.63) is 35.9 Å². The van der Waals surface area contributed by atoms with E-state index in [0.717, 1.165) is 30.8 Å². The molecular formula is C17H27NO2S. The standard InChI is InChI=1S/C17H27NO2S/c1-4-20-16(19)17(2,18-3)12-8-9-13-21-14-15-10-6-5-7-11-15/h5-7,10-11,18H,4,8-9,12-14H2,1-3H3. The molecule has 0 aliphatic heterocycles. The first-order chi connectivity index (χ1) is 10.1. The lowest BCUT2D eigenvalue weighted by atomic mass is 9.95. The van der Waals surface area contributed by atoms with Crippen LogP contribution in [0.5, 0.6) is 0 Å². The SMILES string of the molecule is CCOC(=O)C(C)(CCCCSCc1ccccc1)NC. The summed E-state index contributed by atoms with van der Waals surface area (Å²) < 4.78 is 5.13. The summed E-state index contributed by atoms with van der Waals surface area (Å²) in [4.78, 5) is 11.9. The maximum atomic E-state index is 11.9. The van der Waals surface area contributed by atoms with Crippen LogP contribution in [-0.4, -0.2) is 30.9 Å². The third kappa shape index (κ3) is 6.53. The van der Waals surface area contributed by atoms with Crippen LogP contribution in [0.15, 0.2) is 30.3 Å². The van der Waals surface area contributed by atoms with Gasteiger partial charge in [0.1, 0.15) is 5.54 Å². The van der Waals surface area contributed by atoms with Crippen molar-refractivity contribution in [1.82, 2.24) is 5.32 Å². The Bertz CT molecular complexity index is 411. The first-order valence-electron chi connectivity index (χ1n) is 7.60. The largest absolute Gasteiger partial charge is 0.465 e. The van der Waals surface area contributed by atoms with Gasteiger partial charge in [-0.25, -0.2) is 0 Å². The summed E-state index contributed by atoms with van der Waals surface area (Å²) in [5.74, 6) is 2.03. The molecule has 1 rings (SSSR count). The number of nitrogens with one attached hydrogen (secondary N) is 1. The lowest BCUT2D eigenvalue weighted by Crippen LogP contribution is -2.48. The van der Waals surface area contributed by atoms with Gasteiger partial charge in [0.15, 0.2) is 0 Å². The summed E-state index contributed by atoms with van der Waals surface area (Å²) in [5, 5.41) is 3.10. The number of likely N-dealkylation sites (N-methyl/N-ethyl adjacent to an activating group) is 1. The van der Waals surface area contributed by atoms with Gasteiger partial charge in [-0.15, -0.1) is 0 Å². The zero-order chi connectivity index (χ0) is 15.6. The summed E-state index contributed by atoms with van der Waals surface area (Å²) in [6, 6.07) is 10.5. The molecule has 1 N–H and O–H groups in total. The van der Waals surface area contributed by atoms with E-state index in [2.05, 4.69) is 29.6 Å². The second kappa shape index (κ2) is 9.85. The monoisotopic (exact) mass is 309 g/mol. The minimum Gasteiger partial charge on any atom is -0.465 e. The van der Waals surface area contributed by atoms with Crippen LogP contribution < -0.4 is 5.32 Å². The highest BCUT2D eigenvalue weighted by Crippen LogP contribution is 2.18. The molecule has 118 valence electrons. The number of esters is 1. The lowest BCUT2D eigenvalue weighted by Gasteiger charge is -2.26. The number of carbonyl (C=O) groups excluding carboxylic acids is 1. The van der Waals surface area contributed by atoms with Gasteiger partial charge in [-0.1, -0.05) is 36.8 Å². The van der Waals surface area contributed by atoms with E-state index in [0.29, 0.717) is 6.61 Å². The average Bonchev–Trinajstić information content (AvgIpc) is 2.51. The van der Waals surface area contributed by atoms with Crippen LogP contribution in [0.1, 0.15) is 38.7 Å². The van der Waals surface area contributed by atoms with E-state index >= 15 is 0 Å². The topological polar surface area (TPSA) is 38.3 Å². The van der Waals surface area contributed by atoms with E-state index in [9.17, 15) is 4.79 Å². The summed E-state index contributed by atoms with van der Waals surface area (Å²) in [6.45, 7) is 4.19. The lowest BCUT2D eigenvalue weighted by molar-refractivity contribution is -0.150. The third-order valence-corrected chi connectivity index (χ3v) is 4.72. The van der Waals surface area contributed by atoms with Gasteiger partial charge in [0.2, 0.25) is 0 Å². The molecule has 1 atom stereocenters. The molecule has 0 heterocycles. The van der Waals surface area contributed by atoms with Crippen molar-refractivity contribution in [3.8, 4) is 0 Å².